The van der Waals surface area contributed by atoms with E-state index in [0.717, 1.165) is 5.56 Å². The predicted octanol–water partition coefficient (Wildman–Crippen LogP) is 2.95. The van der Waals surface area contributed by atoms with Crippen molar-refractivity contribution in [1.82, 2.24) is 9.55 Å². The molecule has 0 bridgehead atoms. The minimum absolute atomic E-state index is 0.0803. The fourth-order valence-corrected chi connectivity index (χ4v) is 3.01. The highest BCUT2D eigenvalue weighted by molar-refractivity contribution is 6.30. The van der Waals surface area contributed by atoms with Crippen LogP contribution in [-0.2, 0) is 9.53 Å². The second kappa shape index (κ2) is 10.9. The molecule has 8 nitrogen and oxygen atoms in total. The zero-order chi connectivity index (χ0) is 24.7. The second-order valence-corrected chi connectivity index (χ2v) is 8.24. The Hall–Kier alpha value is -3.80. The summed E-state index contributed by atoms with van der Waals surface area (Å²) >= 11 is 5.87. The van der Waals surface area contributed by atoms with Gasteiger partial charge < -0.3 is 19.9 Å². The number of halogens is 1. The van der Waals surface area contributed by atoms with Crippen molar-refractivity contribution in [3.05, 3.63) is 81.5 Å². The number of hydrogen-bond acceptors (Lipinski definition) is 7. The van der Waals surface area contributed by atoms with Crippen LogP contribution in [0.1, 0.15) is 25.1 Å². The number of nitrogens with zero attached hydrogens (tertiary/aromatic N) is 2. The Balaban J connectivity index is 1.78. The monoisotopic (exact) mass is 481 g/mol. The minimum atomic E-state index is -0.885. The van der Waals surface area contributed by atoms with Gasteiger partial charge >= 0.3 is 5.97 Å². The third-order valence-electron chi connectivity index (χ3n) is 4.55. The molecule has 0 aliphatic carbocycles. The quantitative estimate of drug-likeness (QED) is 0.408. The lowest BCUT2D eigenvalue weighted by Gasteiger charge is -2.25. The molecule has 1 heterocycles. The highest BCUT2D eigenvalue weighted by Gasteiger charge is 2.24. The lowest BCUT2D eigenvalue weighted by atomic mass is 10.1. The first-order valence-corrected chi connectivity index (χ1v) is 10.7. The summed E-state index contributed by atoms with van der Waals surface area (Å²) in [5, 5.41) is 0.622. The number of benzene rings is 2. The van der Waals surface area contributed by atoms with Crippen LogP contribution in [0.15, 0.2) is 59.7 Å². The molecule has 0 saturated carbocycles. The first kappa shape index (κ1) is 24.8. The van der Waals surface area contributed by atoms with Gasteiger partial charge in [0.05, 0.1) is 19.3 Å². The molecule has 1 aromatic heterocycles. The number of carbonyl (C=O) groups excluding carboxylic acids is 1. The highest BCUT2D eigenvalue weighted by atomic mass is 35.5. The van der Waals surface area contributed by atoms with Crippen LogP contribution >= 0.6 is 11.6 Å². The molecular formula is C25H24ClN3O5. The average molecular weight is 482 g/mol. The molecule has 0 aliphatic rings. The number of carbonyl (C=O) groups is 1. The fourth-order valence-electron chi connectivity index (χ4n) is 2.89. The van der Waals surface area contributed by atoms with Crippen molar-refractivity contribution in [2.24, 2.45) is 5.73 Å². The van der Waals surface area contributed by atoms with E-state index < -0.39 is 11.6 Å². The molecule has 0 spiro atoms. The molecule has 0 fully saturated rings. The molecule has 176 valence electrons. The van der Waals surface area contributed by atoms with Gasteiger partial charge in [0.2, 0.25) is 0 Å². The van der Waals surface area contributed by atoms with Crippen molar-refractivity contribution >= 4 is 17.6 Å². The van der Waals surface area contributed by atoms with Gasteiger partial charge in [-0.25, -0.2) is 4.98 Å². The van der Waals surface area contributed by atoms with Gasteiger partial charge in [0.1, 0.15) is 24.2 Å². The van der Waals surface area contributed by atoms with Crippen LogP contribution in [0.5, 0.6) is 11.5 Å². The zero-order valence-corrected chi connectivity index (χ0v) is 19.8. The van der Waals surface area contributed by atoms with E-state index in [2.05, 4.69) is 16.8 Å². The number of methoxy groups -OCH3 is 1. The number of ether oxygens (including phenoxy) is 3. The third-order valence-corrected chi connectivity index (χ3v) is 4.80. The average Bonchev–Trinajstić information content (AvgIpc) is 2.82. The molecule has 3 rings (SSSR count). The molecule has 0 saturated heterocycles. The van der Waals surface area contributed by atoms with E-state index in [9.17, 15) is 9.59 Å². The lowest BCUT2D eigenvalue weighted by Crippen LogP contribution is -2.37. The maximum absolute atomic E-state index is 12.7. The molecule has 34 heavy (non-hydrogen) atoms. The first-order chi connectivity index (χ1) is 16.2. The van der Waals surface area contributed by atoms with Crippen LogP contribution in [-0.4, -0.2) is 41.4 Å². The van der Waals surface area contributed by atoms with E-state index in [1.807, 2.05) is 0 Å². The number of esters is 1. The molecule has 2 N–H and O–H groups in total. The van der Waals surface area contributed by atoms with Crippen LogP contribution in [0.25, 0.3) is 5.69 Å². The molecule has 2 aromatic carbocycles. The van der Waals surface area contributed by atoms with Crippen molar-refractivity contribution < 1.29 is 19.0 Å². The number of aromatic nitrogens is 2. The summed E-state index contributed by atoms with van der Waals surface area (Å²) in [4.78, 5) is 28.4. The van der Waals surface area contributed by atoms with Crippen LogP contribution in [0.4, 0.5) is 0 Å². The Labute approximate surface area is 202 Å². The summed E-state index contributed by atoms with van der Waals surface area (Å²) in [6.07, 6.45) is 1.40. The van der Waals surface area contributed by atoms with Gasteiger partial charge in [0.25, 0.3) is 5.56 Å². The zero-order valence-electron chi connectivity index (χ0n) is 19.0. The van der Waals surface area contributed by atoms with E-state index in [4.69, 9.17) is 31.5 Å². The van der Waals surface area contributed by atoms with Crippen molar-refractivity contribution in [3.63, 3.8) is 0 Å². The Bertz CT molecular complexity index is 1290. The smallest absolute Gasteiger partial charge is 0.320 e. The van der Waals surface area contributed by atoms with Gasteiger partial charge in [0, 0.05) is 22.7 Å². The van der Waals surface area contributed by atoms with Gasteiger partial charge in [-0.05, 0) is 56.2 Å². The van der Waals surface area contributed by atoms with Crippen molar-refractivity contribution in [1.29, 1.82) is 0 Å². The Kier molecular flexibility index (Phi) is 7.95. The topological polar surface area (TPSA) is 106 Å². The van der Waals surface area contributed by atoms with E-state index >= 15 is 0 Å². The molecule has 0 radical (unpaired) electrons. The minimum Gasteiger partial charge on any atom is -0.493 e. The lowest BCUT2D eigenvalue weighted by molar-refractivity contribution is -0.157. The Morgan fingerprint density at radius 1 is 1.12 bits per heavy atom. The van der Waals surface area contributed by atoms with Crippen LogP contribution in [0, 0.1) is 11.8 Å². The normalized spacial score (nSPS) is 10.7. The summed E-state index contributed by atoms with van der Waals surface area (Å²) in [6.45, 7) is 3.29. The number of rotatable bonds is 7. The molecular weight excluding hydrogens is 458 g/mol. The van der Waals surface area contributed by atoms with Gasteiger partial charge in [-0.2, -0.15) is 0 Å². The Morgan fingerprint density at radius 2 is 1.85 bits per heavy atom. The summed E-state index contributed by atoms with van der Waals surface area (Å²) in [5.74, 6) is 6.12. The van der Waals surface area contributed by atoms with Crippen LogP contribution < -0.4 is 20.8 Å². The fraction of sp³-hybridized carbons (Fsp3) is 0.240. The van der Waals surface area contributed by atoms with Crippen molar-refractivity contribution in [2.75, 3.05) is 20.3 Å². The SMILES string of the molecule is COc1cc(-n2cnc(C#Cc3ccc(Cl)cc3)cc2=O)ccc1OCC(C)(C)OC(=O)CN. The number of nitrogens with two attached hydrogens (primary N) is 1. The van der Waals surface area contributed by atoms with Gasteiger partial charge in [-0.3, -0.25) is 14.2 Å². The third kappa shape index (κ3) is 6.61. The maximum atomic E-state index is 12.7. The second-order valence-electron chi connectivity index (χ2n) is 7.80. The van der Waals surface area contributed by atoms with Crippen molar-refractivity contribution in [3.8, 4) is 29.0 Å². The largest absolute Gasteiger partial charge is 0.493 e. The van der Waals surface area contributed by atoms with Crippen molar-refractivity contribution in [2.45, 2.75) is 19.4 Å². The molecule has 0 aliphatic heterocycles. The first-order valence-electron chi connectivity index (χ1n) is 10.3. The predicted molar refractivity (Wildman–Crippen MR) is 129 cm³/mol. The van der Waals surface area contributed by atoms with Gasteiger partial charge in [-0.15, -0.1) is 0 Å². The van der Waals surface area contributed by atoms with Crippen LogP contribution in [0.3, 0.4) is 0 Å². The summed E-state index contributed by atoms with van der Waals surface area (Å²) < 4.78 is 17.8. The molecule has 3 aromatic rings. The molecule has 9 heteroatoms. The van der Waals surface area contributed by atoms with E-state index in [1.165, 1.54) is 24.1 Å². The molecule has 0 atom stereocenters. The van der Waals surface area contributed by atoms with Gasteiger partial charge in [0.15, 0.2) is 11.5 Å². The number of hydrogen-bond donors (Lipinski definition) is 1. The molecule has 0 unspecified atom stereocenters. The standard InChI is InChI=1S/C25H24ClN3O5/c1-25(2,34-24(31)14-27)15-33-21-11-10-20(13-22(21)32-3)29-16-28-19(12-23(29)30)9-6-17-4-7-18(26)8-5-17/h4-5,7-8,10-13,16H,14-15,27H2,1-3H3. The van der Waals surface area contributed by atoms with E-state index in [0.29, 0.717) is 27.9 Å². The summed E-state index contributed by atoms with van der Waals surface area (Å²) in [7, 11) is 1.49. The maximum Gasteiger partial charge on any atom is 0.320 e. The molecule has 0 amide bonds. The van der Waals surface area contributed by atoms with Gasteiger partial charge in [-0.1, -0.05) is 17.5 Å². The van der Waals surface area contributed by atoms with E-state index in [-0.39, 0.29) is 18.7 Å². The van der Waals surface area contributed by atoms with Crippen LogP contribution in [0.2, 0.25) is 5.02 Å². The van der Waals surface area contributed by atoms with E-state index in [1.54, 1.807) is 56.3 Å². The summed E-state index contributed by atoms with van der Waals surface area (Å²) in [6, 6.07) is 13.4. The Morgan fingerprint density at radius 3 is 2.50 bits per heavy atom. The highest BCUT2D eigenvalue weighted by Crippen LogP contribution is 2.30. The summed E-state index contributed by atoms with van der Waals surface area (Å²) in [5.41, 5.74) is 5.74.